The van der Waals surface area contributed by atoms with Crippen LogP contribution >= 0.6 is 15.9 Å². The predicted octanol–water partition coefficient (Wildman–Crippen LogP) is 4.36. The third-order valence-corrected chi connectivity index (χ3v) is 6.70. The lowest BCUT2D eigenvalue weighted by molar-refractivity contribution is -0.124. The molecule has 1 heterocycles. The quantitative estimate of drug-likeness (QED) is 0.386. The molecular formula is C31H36BrN3O8. The van der Waals surface area contributed by atoms with Crippen LogP contribution in [-0.4, -0.2) is 84.9 Å². The van der Waals surface area contributed by atoms with Crippen LogP contribution in [0.15, 0.2) is 71.2 Å². The van der Waals surface area contributed by atoms with Crippen molar-refractivity contribution in [3.63, 3.8) is 0 Å². The third-order valence-electron chi connectivity index (χ3n) is 6.21. The Balaban J connectivity index is 1.57. The van der Waals surface area contributed by atoms with E-state index in [-0.39, 0.29) is 38.2 Å². The second-order valence-corrected chi connectivity index (χ2v) is 10.2. The number of carbonyl (C=O) groups excluding carboxylic acids is 2. The molecule has 0 spiro atoms. The summed E-state index contributed by atoms with van der Waals surface area (Å²) in [6.07, 6.45) is 0. The lowest BCUT2D eigenvalue weighted by Crippen LogP contribution is -2.33. The first-order valence-corrected chi connectivity index (χ1v) is 14.7. The molecule has 4 rings (SSSR count). The van der Waals surface area contributed by atoms with E-state index in [1.165, 1.54) is 0 Å². The molecule has 0 aliphatic carbocycles. The van der Waals surface area contributed by atoms with E-state index in [1.54, 1.807) is 31.4 Å². The van der Waals surface area contributed by atoms with Crippen LogP contribution in [0.3, 0.4) is 0 Å². The maximum absolute atomic E-state index is 12.5. The lowest BCUT2D eigenvalue weighted by Gasteiger charge is -2.27. The van der Waals surface area contributed by atoms with E-state index in [4.69, 9.17) is 28.4 Å². The fraction of sp³-hybridized carbons (Fsp3) is 0.355. The highest BCUT2D eigenvalue weighted by molar-refractivity contribution is 9.10. The number of fused-ring (bicyclic) bond motifs is 2. The summed E-state index contributed by atoms with van der Waals surface area (Å²) in [6, 6.07) is 20.3. The highest BCUT2D eigenvalue weighted by Gasteiger charge is 2.16. The molecule has 3 aromatic rings. The minimum Gasteiger partial charge on any atom is -0.490 e. The lowest BCUT2D eigenvalue weighted by atomic mass is 10.2. The first kappa shape index (κ1) is 32.1. The summed E-state index contributed by atoms with van der Waals surface area (Å²) in [5.41, 5.74) is 1.92. The molecule has 11 nitrogen and oxygen atoms in total. The molecule has 0 saturated heterocycles. The molecule has 230 valence electrons. The van der Waals surface area contributed by atoms with Gasteiger partial charge in [-0.05, 0) is 42.5 Å². The van der Waals surface area contributed by atoms with Crippen molar-refractivity contribution in [2.24, 2.45) is 0 Å². The summed E-state index contributed by atoms with van der Waals surface area (Å²) < 4.78 is 35.2. The van der Waals surface area contributed by atoms with Gasteiger partial charge in [0.05, 0.1) is 50.0 Å². The zero-order valence-corrected chi connectivity index (χ0v) is 25.6. The third kappa shape index (κ3) is 10.4. The van der Waals surface area contributed by atoms with Gasteiger partial charge in [-0.15, -0.1) is 0 Å². The Morgan fingerprint density at radius 1 is 0.767 bits per heavy atom. The van der Waals surface area contributed by atoms with E-state index < -0.39 is 0 Å². The van der Waals surface area contributed by atoms with Crippen LogP contribution in [0, 0.1) is 0 Å². The van der Waals surface area contributed by atoms with Gasteiger partial charge in [-0.2, -0.15) is 0 Å². The summed E-state index contributed by atoms with van der Waals surface area (Å²) >= 11 is 3.54. The van der Waals surface area contributed by atoms with Gasteiger partial charge in [0.25, 0.3) is 0 Å². The number of hydrogen-bond donors (Lipinski definition) is 2. The zero-order valence-electron chi connectivity index (χ0n) is 24.0. The number of amides is 2. The molecule has 0 saturated carbocycles. The molecule has 0 aromatic heterocycles. The normalized spacial score (nSPS) is 15.8. The van der Waals surface area contributed by atoms with Gasteiger partial charge in [0.1, 0.15) is 50.3 Å². The van der Waals surface area contributed by atoms with Crippen molar-refractivity contribution in [3.8, 4) is 17.2 Å². The van der Waals surface area contributed by atoms with E-state index in [9.17, 15) is 9.59 Å². The van der Waals surface area contributed by atoms with Gasteiger partial charge >= 0.3 is 0 Å². The Morgan fingerprint density at radius 2 is 1.33 bits per heavy atom. The van der Waals surface area contributed by atoms with E-state index in [2.05, 4.69) is 31.5 Å². The number of carbonyl (C=O) groups is 2. The highest BCUT2D eigenvalue weighted by Crippen LogP contribution is 2.32. The summed E-state index contributed by atoms with van der Waals surface area (Å²) in [5, 5.41) is 5.66. The average molecular weight is 659 g/mol. The van der Waals surface area contributed by atoms with Crippen LogP contribution in [0.5, 0.6) is 17.2 Å². The van der Waals surface area contributed by atoms with Crippen molar-refractivity contribution in [1.82, 2.24) is 0 Å². The Kier molecular flexibility index (Phi) is 12.9. The summed E-state index contributed by atoms with van der Waals surface area (Å²) in [7, 11) is 1.63. The largest absolute Gasteiger partial charge is 0.490 e. The fourth-order valence-corrected chi connectivity index (χ4v) is 4.54. The SMILES string of the molecule is COCCOc1cc(Br)ccc1N1CCOc2ccccc2NC(=O)COCCOCC(=O)Nc2ccccc2OCC1. The van der Waals surface area contributed by atoms with Crippen LogP contribution < -0.4 is 29.7 Å². The van der Waals surface area contributed by atoms with Gasteiger partial charge in [0, 0.05) is 11.6 Å². The van der Waals surface area contributed by atoms with E-state index in [1.807, 2.05) is 42.5 Å². The van der Waals surface area contributed by atoms with E-state index >= 15 is 0 Å². The van der Waals surface area contributed by atoms with E-state index in [0.29, 0.717) is 68.1 Å². The Labute approximate surface area is 259 Å². The number of ether oxygens (including phenoxy) is 6. The molecule has 0 bridgehead atoms. The molecule has 2 amide bonds. The second-order valence-electron chi connectivity index (χ2n) is 9.33. The van der Waals surface area contributed by atoms with Crippen molar-refractivity contribution >= 4 is 44.8 Å². The van der Waals surface area contributed by atoms with Crippen molar-refractivity contribution in [2.75, 3.05) is 88.6 Å². The van der Waals surface area contributed by atoms with Gasteiger partial charge < -0.3 is 44.0 Å². The van der Waals surface area contributed by atoms with Gasteiger partial charge in [0.15, 0.2) is 0 Å². The van der Waals surface area contributed by atoms with Crippen molar-refractivity contribution in [1.29, 1.82) is 0 Å². The number of halogens is 1. The molecule has 3 aromatic carbocycles. The molecule has 1 aliphatic rings. The zero-order chi connectivity index (χ0) is 30.3. The number of methoxy groups -OCH3 is 1. The Bertz CT molecular complexity index is 1270. The number of benzene rings is 3. The van der Waals surface area contributed by atoms with Gasteiger partial charge in [0.2, 0.25) is 11.8 Å². The Morgan fingerprint density at radius 3 is 1.88 bits per heavy atom. The Hall–Kier alpha value is -3.84. The van der Waals surface area contributed by atoms with E-state index in [0.717, 1.165) is 10.2 Å². The number of rotatable bonds is 5. The van der Waals surface area contributed by atoms with Crippen LogP contribution in [0.4, 0.5) is 17.1 Å². The number of para-hydroxylation sites is 4. The number of nitrogens with zero attached hydrogens (tertiary/aromatic N) is 1. The standard InChI is InChI=1S/C31H36BrN3O8/c1-38-16-19-43-29-20-23(32)10-11-26(29)35-12-14-41-27-8-4-2-6-24(27)33-30(36)21-39-17-18-40-22-31(37)34-25-7-3-5-9-28(25)42-15-13-35/h2-11,20H,12-19,21-22H2,1H3,(H,33,36)(H,34,37). The van der Waals surface area contributed by atoms with Gasteiger partial charge in [-0.1, -0.05) is 40.2 Å². The first-order chi connectivity index (χ1) is 21.0. The fourth-order valence-electron chi connectivity index (χ4n) is 4.20. The molecule has 0 unspecified atom stereocenters. The molecule has 1 aliphatic heterocycles. The molecule has 2 N–H and O–H groups in total. The van der Waals surface area contributed by atoms with Crippen LogP contribution in [-0.2, 0) is 23.8 Å². The maximum atomic E-state index is 12.5. The molecular weight excluding hydrogens is 622 g/mol. The second kappa shape index (κ2) is 17.3. The summed E-state index contributed by atoms with van der Waals surface area (Å²) in [5.74, 6) is 1.09. The molecule has 0 fully saturated rings. The molecule has 43 heavy (non-hydrogen) atoms. The van der Waals surface area contributed by atoms with Gasteiger partial charge in [-0.3, -0.25) is 9.59 Å². The van der Waals surface area contributed by atoms with Crippen molar-refractivity contribution in [3.05, 3.63) is 71.2 Å². The van der Waals surface area contributed by atoms with Crippen LogP contribution in [0.2, 0.25) is 0 Å². The van der Waals surface area contributed by atoms with Crippen LogP contribution in [0.1, 0.15) is 0 Å². The van der Waals surface area contributed by atoms with Crippen molar-refractivity contribution < 1.29 is 38.0 Å². The number of nitrogens with one attached hydrogen (secondary N) is 2. The highest BCUT2D eigenvalue weighted by atomic mass is 79.9. The minimum atomic E-state index is -0.331. The first-order valence-electron chi connectivity index (χ1n) is 13.9. The van der Waals surface area contributed by atoms with Gasteiger partial charge in [-0.25, -0.2) is 0 Å². The molecule has 0 atom stereocenters. The smallest absolute Gasteiger partial charge is 0.250 e. The number of hydrogen-bond acceptors (Lipinski definition) is 9. The topological polar surface area (TPSA) is 117 Å². The molecule has 12 heteroatoms. The molecule has 0 radical (unpaired) electrons. The predicted molar refractivity (Wildman–Crippen MR) is 166 cm³/mol. The minimum absolute atomic E-state index is 0.154. The van der Waals surface area contributed by atoms with Crippen LogP contribution in [0.25, 0.3) is 0 Å². The monoisotopic (exact) mass is 657 g/mol. The number of anilines is 3. The average Bonchev–Trinajstić information content (AvgIpc) is 3.00. The van der Waals surface area contributed by atoms with Crippen molar-refractivity contribution in [2.45, 2.75) is 0 Å². The summed E-state index contributed by atoms with van der Waals surface area (Å²) in [4.78, 5) is 27.1. The summed E-state index contributed by atoms with van der Waals surface area (Å²) in [6.45, 7) is 2.37. The maximum Gasteiger partial charge on any atom is 0.250 e.